The van der Waals surface area contributed by atoms with Gasteiger partial charge in [-0.05, 0) is 54.2 Å². The number of hydrogen-bond donors (Lipinski definition) is 2. The first kappa shape index (κ1) is 32.7. The van der Waals surface area contributed by atoms with Gasteiger partial charge in [0.1, 0.15) is 17.7 Å². The normalized spacial score (nSPS) is 24.0. The predicted octanol–water partition coefficient (Wildman–Crippen LogP) is 6.66. The molecule has 0 radical (unpaired) electrons. The summed E-state index contributed by atoms with van der Waals surface area (Å²) in [5.74, 6) is -2.55. The molecule has 1 aromatic heterocycles. The van der Waals surface area contributed by atoms with Crippen LogP contribution < -0.4 is 10.6 Å². The zero-order valence-corrected chi connectivity index (χ0v) is 25.6. The molecule has 10 heteroatoms. The van der Waals surface area contributed by atoms with Crippen LogP contribution in [0.15, 0.2) is 59.8 Å². The SMILES string of the molecule is COC(=O)c1ccc(CNC(=O)C2NC(CC(C)(C)C)C(C)(c3ccc(Cl)cc3F)C2C(F)C=CC=C(C)Cl)cn1. The molecule has 1 amide bonds. The second-order valence-corrected chi connectivity index (χ2v) is 12.8. The molecule has 1 aromatic carbocycles. The molecule has 1 fully saturated rings. The van der Waals surface area contributed by atoms with Crippen molar-refractivity contribution in [1.29, 1.82) is 0 Å². The molecule has 2 heterocycles. The number of benzene rings is 1. The molecule has 41 heavy (non-hydrogen) atoms. The fourth-order valence-corrected chi connectivity index (χ4v) is 5.70. The minimum Gasteiger partial charge on any atom is -0.464 e. The first-order chi connectivity index (χ1) is 19.2. The summed E-state index contributed by atoms with van der Waals surface area (Å²) >= 11 is 12.0. The molecule has 0 saturated carbocycles. The van der Waals surface area contributed by atoms with Gasteiger partial charge in [0.2, 0.25) is 5.91 Å². The summed E-state index contributed by atoms with van der Waals surface area (Å²) < 4.78 is 36.5. The second kappa shape index (κ2) is 13.4. The van der Waals surface area contributed by atoms with Gasteiger partial charge in [-0.25, -0.2) is 18.6 Å². The number of nitrogens with zero attached hydrogens (tertiary/aromatic N) is 1. The van der Waals surface area contributed by atoms with E-state index in [1.165, 1.54) is 37.6 Å². The number of halogens is 4. The van der Waals surface area contributed by atoms with Crippen LogP contribution in [0.3, 0.4) is 0 Å². The Kier molecular flexibility index (Phi) is 10.7. The molecule has 2 aromatic rings. The summed E-state index contributed by atoms with van der Waals surface area (Å²) in [5, 5.41) is 6.93. The number of hydrogen-bond acceptors (Lipinski definition) is 5. The van der Waals surface area contributed by atoms with Gasteiger partial charge in [0.25, 0.3) is 0 Å². The van der Waals surface area contributed by atoms with Gasteiger partial charge in [-0.15, -0.1) is 0 Å². The predicted molar refractivity (Wildman–Crippen MR) is 158 cm³/mol. The van der Waals surface area contributed by atoms with Crippen molar-refractivity contribution in [1.82, 2.24) is 15.6 Å². The maximum Gasteiger partial charge on any atom is 0.356 e. The van der Waals surface area contributed by atoms with Gasteiger partial charge in [0, 0.05) is 40.2 Å². The molecule has 3 rings (SSSR count). The molecule has 1 saturated heterocycles. The van der Waals surface area contributed by atoms with Gasteiger partial charge in [-0.2, -0.15) is 0 Å². The minimum atomic E-state index is -1.63. The highest BCUT2D eigenvalue weighted by atomic mass is 35.5. The molecule has 5 atom stereocenters. The highest BCUT2D eigenvalue weighted by Gasteiger charge is 2.58. The summed E-state index contributed by atoms with van der Waals surface area (Å²) in [7, 11) is 1.26. The van der Waals surface area contributed by atoms with E-state index in [2.05, 4.69) is 20.4 Å². The largest absolute Gasteiger partial charge is 0.464 e. The van der Waals surface area contributed by atoms with E-state index in [0.29, 0.717) is 17.0 Å². The number of ether oxygens (including phenoxy) is 1. The number of nitrogens with one attached hydrogen (secondary N) is 2. The van der Waals surface area contributed by atoms with Crippen LogP contribution in [0.1, 0.15) is 62.7 Å². The van der Waals surface area contributed by atoms with E-state index in [1.807, 2.05) is 20.8 Å². The minimum absolute atomic E-state index is 0.0924. The third kappa shape index (κ3) is 7.93. The number of allylic oxidation sites excluding steroid dienone is 4. The molecular weight excluding hydrogens is 571 g/mol. The van der Waals surface area contributed by atoms with Gasteiger partial charge in [0.15, 0.2) is 0 Å². The van der Waals surface area contributed by atoms with Crippen molar-refractivity contribution in [3.05, 3.63) is 87.4 Å². The highest BCUT2D eigenvalue weighted by molar-refractivity contribution is 6.30. The molecule has 1 aliphatic rings. The first-order valence-corrected chi connectivity index (χ1v) is 14.1. The Morgan fingerprint density at radius 2 is 1.98 bits per heavy atom. The quantitative estimate of drug-likeness (QED) is 0.246. The lowest BCUT2D eigenvalue weighted by Gasteiger charge is -2.40. The lowest BCUT2D eigenvalue weighted by Crippen LogP contribution is -2.48. The standard InChI is InChI=1S/C31H37Cl2F2N3O3/c1-18(32)8-7-9-22(34)26-27(28(39)37-17-19-10-13-24(36-16-19)29(40)41-6)38-25(15-30(2,3)4)31(26,5)21-12-11-20(33)14-23(21)35/h7-14,16,22,25-27,38H,15,17H2,1-6H3,(H,37,39). The van der Waals surface area contributed by atoms with E-state index in [-0.39, 0.29) is 28.2 Å². The Morgan fingerprint density at radius 3 is 2.54 bits per heavy atom. The van der Waals surface area contributed by atoms with E-state index < -0.39 is 47.3 Å². The number of esters is 1. The fourth-order valence-electron chi connectivity index (χ4n) is 5.47. The molecule has 0 aliphatic carbocycles. The molecule has 6 nitrogen and oxygen atoms in total. The van der Waals surface area contributed by atoms with Crippen molar-refractivity contribution in [2.75, 3.05) is 7.11 Å². The van der Waals surface area contributed by atoms with Crippen LogP contribution >= 0.6 is 23.2 Å². The summed E-state index contributed by atoms with van der Waals surface area (Å²) in [4.78, 5) is 29.4. The topological polar surface area (TPSA) is 80.3 Å². The number of aromatic nitrogens is 1. The molecule has 2 N–H and O–H groups in total. The van der Waals surface area contributed by atoms with Crippen molar-refractivity contribution in [3.8, 4) is 0 Å². The maximum atomic E-state index is 16.3. The molecular formula is C31H37Cl2F2N3O3. The Morgan fingerprint density at radius 1 is 1.27 bits per heavy atom. The molecule has 0 spiro atoms. The Bertz CT molecular complexity index is 1310. The summed E-state index contributed by atoms with van der Waals surface area (Å²) in [6.07, 6.45) is 4.79. The third-order valence-corrected chi connectivity index (χ3v) is 7.78. The van der Waals surface area contributed by atoms with E-state index in [4.69, 9.17) is 23.2 Å². The molecule has 0 bridgehead atoms. The monoisotopic (exact) mass is 607 g/mol. The number of carbonyl (C=O) groups is 2. The van der Waals surface area contributed by atoms with Crippen LogP contribution in [0.2, 0.25) is 5.02 Å². The number of rotatable bonds is 9. The number of alkyl halides is 1. The molecule has 1 aliphatic heterocycles. The van der Waals surface area contributed by atoms with Crippen molar-refractivity contribution in [2.24, 2.45) is 11.3 Å². The third-order valence-electron chi connectivity index (χ3n) is 7.42. The van der Waals surface area contributed by atoms with Crippen molar-refractivity contribution in [2.45, 2.75) is 71.3 Å². The maximum absolute atomic E-state index is 16.3. The van der Waals surface area contributed by atoms with Gasteiger partial charge in [-0.3, -0.25) is 4.79 Å². The number of amides is 1. The Labute approximate surface area is 250 Å². The van der Waals surface area contributed by atoms with E-state index in [1.54, 1.807) is 38.1 Å². The molecule has 222 valence electrons. The summed E-state index contributed by atoms with van der Waals surface area (Å²) in [6.45, 7) is 9.70. The first-order valence-electron chi connectivity index (χ1n) is 13.3. The van der Waals surface area contributed by atoms with Crippen LogP contribution in [0, 0.1) is 17.2 Å². The van der Waals surface area contributed by atoms with Gasteiger partial charge < -0.3 is 15.4 Å². The second-order valence-electron chi connectivity index (χ2n) is 11.7. The fraction of sp³-hybridized carbons (Fsp3) is 0.452. The Hall–Kier alpha value is -2.81. The van der Waals surface area contributed by atoms with E-state index in [9.17, 15) is 9.59 Å². The average molecular weight is 609 g/mol. The van der Waals surface area contributed by atoms with E-state index in [0.717, 1.165) is 0 Å². The summed E-state index contributed by atoms with van der Waals surface area (Å²) in [5.41, 5.74) is -0.286. The van der Waals surface area contributed by atoms with Gasteiger partial charge in [-0.1, -0.05) is 75.2 Å². The smallest absolute Gasteiger partial charge is 0.356 e. The lowest BCUT2D eigenvalue weighted by molar-refractivity contribution is -0.124. The van der Waals surface area contributed by atoms with Crippen molar-refractivity contribution in [3.63, 3.8) is 0 Å². The van der Waals surface area contributed by atoms with E-state index >= 15 is 8.78 Å². The zero-order valence-electron chi connectivity index (χ0n) is 24.1. The number of pyridine rings is 1. The summed E-state index contributed by atoms with van der Waals surface area (Å²) in [6, 6.07) is 6.08. The van der Waals surface area contributed by atoms with Crippen molar-refractivity contribution < 1.29 is 23.1 Å². The lowest BCUT2D eigenvalue weighted by atomic mass is 9.63. The number of methoxy groups -OCH3 is 1. The van der Waals surface area contributed by atoms with Gasteiger partial charge in [0.05, 0.1) is 13.2 Å². The molecule has 5 unspecified atom stereocenters. The number of carbonyl (C=O) groups excluding carboxylic acids is 2. The van der Waals surface area contributed by atoms with Crippen molar-refractivity contribution >= 4 is 35.1 Å². The van der Waals surface area contributed by atoms with Crippen LogP contribution in [0.5, 0.6) is 0 Å². The van der Waals surface area contributed by atoms with Crippen LogP contribution in [0.25, 0.3) is 0 Å². The zero-order chi connectivity index (χ0) is 30.5. The van der Waals surface area contributed by atoms with Crippen LogP contribution in [0.4, 0.5) is 8.78 Å². The highest BCUT2D eigenvalue weighted by Crippen LogP contribution is 2.49. The van der Waals surface area contributed by atoms with Crippen LogP contribution in [-0.2, 0) is 21.5 Å². The van der Waals surface area contributed by atoms with Gasteiger partial charge >= 0.3 is 5.97 Å². The Balaban J connectivity index is 2.02. The average Bonchev–Trinajstić information content (AvgIpc) is 3.17. The van der Waals surface area contributed by atoms with Crippen LogP contribution in [-0.4, -0.2) is 42.2 Å².